The zero-order valence-corrected chi connectivity index (χ0v) is 11.7. The van der Waals surface area contributed by atoms with E-state index in [0.717, 1.165) is 6.07 Å². The Hall–Kier alpha value is -1.17. The summed E-state index contributed by atoms with van der Waals surface area (Å²) in [6, 6.07) is 3.81. The van der Waals surface area contributed by atoms with Crippen molar-refractivity contribution in [2.45, 2.75) is 33.3 Å². The Balaban J connectivity index is 2.55. The van der Waals surface area contributed by atoms with Crippen LogP contribution in [0.3, 0.4) is 0 Å². The molecule has 0 aliphatic rings. The van der Waals surface area contributed by atoms with E-state index in [1.54, 1.807) is 0 Å². The molecule has 0 aromatic heterocycles. The molecule has 1 aromatic rings. The maximum Gasteiger partial charge on any atom is 0.509 e. The fraction of sp³-hybridized carbons (Fsp3) is 0.538. The third-order valence-corrected chi connectivity index (χ3v) is 2.48. The van der Waals surface area contributed by atoms with Crippen molar-refractivity contribution < 1.29 is 22.4 Å². The lowest BCUT2D eigenvalue weighted by atomic mass is 9.77. The van der Waals surface area contributed by atoms with E-state index in [9.17, 15) is 12.9 Å². The molecule has 0 aliphatic heterocycles. The summed E-state index contributed by atoms with van der Waals surface area (Å²) in [6.07, 6.45) is 0. The summed E-state index contributed by atoms with van der Waals surface area (Å²) in [5, 5.41) is 0. The van der Waals surface area contributed by atoms with E-state index in [2.05, 4.69) is 0 Å². The van der Waals surface area contributed by atoms with E-state index >= 15 is 0 Å². The lowest BCUT2D eigenvalue weighted by Crippen LogP contribution is -2.35. The molecule has 0 saturated heterocycles. The number of ether oxygens (including phenoxy) is 2. The van der Waals surface area contributed by atoms with Gasteiger partial charge < -0.3 is 22.4 Å². The Morgan fingerprint density at radius 1 is 1.11 bits per heavy atom. The molecule has 6 heteroatoms. The van der Waals surface area contributed by atoms with E-state index in [1.165, 1.54) is 19.1 Å². The average molecular weight is 275 g/mol. The zero-order chi connectivity index (χ0) is 14.7. The summed E-state index contributed by atoms with van der Waals surface area (Å²) in [4.78, 5) is 0. The van der Waals surface area contributed by atoms with Gasteiger partial charge in [0.25, 0.3) is 0 Å². The number of benzene rings is 1. The van der Waals surface area contributed by atoms with E-state index in [1.807, 2.05) is 20.8 Å². The van der Waals surface area contributed by atoms with Crippen molar-refractivity contribution in [1.29, 1.82) is 0 Å². The van der Waals surface area contributed by atoms with Gasteiger partial charge in [0.15, 0.2) is 0 Å². The molecule has 0 fully saturated rings. The van der Waals surface area contributed by atoms with Crippen LogP contribution in [0.4, 0.5) is 12.9 Å². The predicted octanol–water partition coefficient (Wildman–Crippen LogP) is 3.24. The molecule has 0 amide bonds. The van der Waals surface area contributed by atoms with Crippen LogP contribution in [-0.2, 0) is 4.74 Å². The van der Waals surface area contributed by atoms with Crippen molar-refractivity contribution in [3.8, 4) is 5.75 Å². The maximum atomic E-state index is 12.6. The van der Waals surface area contributed by atoms with Crippen molar-refractivity contribution in [3.63, 3.8) is 0 Å². The molecule has 2 nitrogen and oxygen atoms in total. The normalized spacial score (nSPS) is 12.6. The Morgan fingerprint density at radius 2 is 1.74 bits per heavy atom. The Kier molecular flexibility index (Phi) is 4.90. The highest BCUT2D eigenvalue weighted by atomic mass is 19.4. The fourth-order valence-corrected chi connectivity index (χ4v) is 1.61. The van der Waals surface area contributed by atoms with Gasteiger partial charge in [-0.05, 0) is 39.8 Å². The van der Waals surface area contributed by atoms with Gasteiger partial charge in [0.2, 0.25) is 0 Å². The molecule has 0 radical (unpaired) electrons. The van der Waals surface area contributed by atoms with Gasteiger partial charge in [-0.1, -0.05) is 11.6 Å². The minimum atomic E-state index is -4.96. The van der Waals surface area contributed by atoms with Crippen LogP contribution in [0.15, 0.2) is 18.2 Å². The molecule has 0 spiro atoms. The van der Waals surface area contributed by atoms with Crippen LogP contribution in [0.2, 0.25) is 0 Å². The van der Waals surface area contributed by atoms with Crippen molar-refractivity contribution in [2.75, 3.05) is 13.2 Å². The molecule has 0 N–H and O–H groups in total. The van der Waals surface area contributed by atoms with Crippen LogP contribution in [0, 0.1) is 6.92 Å². The SMILES string of the molecule is Cc1cc(OCCOC(C)(C)C)ccc1[B-](F)(F)F. The average Bonchev–Trinajstić information content (AvgIpc) is 2.21. The van der Waals surface area contributed by atoms with Gasteiger partial charge in [-0.15, -0.1) is 5.46 Å². The summed E-state index contributed by atoms with van der Waals surface area (Å²) in [5.74, 6) is 0.429. The Morgan fingerprint density at radius 3 is 2.21 bits per heavy atom. The molecular formula is C13H19BF3O2-. The van der Waals surface area contributed by atoms with E-state index < -0.39 is 12.4 Å². The Bertz CT molecular complexity index is 425. The molecule has 19 heavy (non-hydrogen) atoms. The van der Waals surface area contributed by atoms with E-state index in [4.69, 9.17) is 9.47 Å². The standard InChI is InChI=1S/C13H19BF3O2/c1-10-9-11(5-6-12(10)14(15,16)17)18-7-8-19-13(2,3)4/h5-6,9H,7-8H2,1-4H3/q-1. The molecule has 0 saturated carbocycles. The highest BCUT2D eigenvalue weighted by Crippen LogP contribution is 2.17. The lowest BCUT2D eigenvalue weighted by molar-refractivity contribution is -0.0163. The Labute approximate surface area is 112 Å². The van der Waals surface area contributed by atoms with Crippen molar-refractivity contribution >= 4 is 12.4 Å². The van der Waals surface area contributed by atoms with Crippen molar-refractivity contribution in [2.24, 2.45) is 0 Å². The third kappa shape index (κ3) is 5.55. The smallest absolute Gasteiger partial charge is 0.491 e. The van der Waals surface area contributed by atoms with Gasteiger partial charge in [0.1, 0.15) is 12.4 Å². The van der Waals surface area contributed by atoms with Gasteiger partial charge in [-0.3, -0.25) is 0 Å². The number of rotatable bonds is 5. The molecule has 0 bridgehead atoms. The molecule has 1 aromatic carbocycles. The minimum Gasteiger partial charge on any atom is -0.491 e. The number of hydrogen-bond donors (Lipinski definition) is 0. The zero-order valence-electron chi connectivity index (χ0n) is 11.7. The predicted molar refractivity (Wildman–Crippen MR) is 71.1 cm³/mol. The molecule has 0 aliphatic carbocycles. The molecular weight excluding hydrogens is 256 g/mol. The maximum absolute atomic E-state index is 12.6. The first-order valence-electron chi connectivity index (χ1n) is 6.17. The third-order valence-electron chi connectivity index (χ3n) is 2.48. The number of halogens is 3. The summed E-state index contributed by atoms with van der Waals surface area (Å²) in [6.45, 7) is 2.96. The quantitative estimate of drug-likeness (QED) is 0.606. The lowest BCUT2D eigenvalue weighted by Gasteiger charge is -2.20. The van der Waals surface area contributed by atoms with Crippen LogP contribution in [-0.4, -0.2) is 25.8 Å². The second-order valence-electron chi connectivity index (χ2n) is 5.40. The summed E-state index contributed by atoms with van der Waals surface area (Å²) < 4.78 is 48.7. The van der Waals surface area contributed by atoms with Crippen LogP contribution >= 0.6 is 0 Å². The molecule has 0 atom stereocenters. The molecule has 1 rings (SSSR count). The number of aryl methyl sites for hydroxylation is 1. The van der Waals surface area contributed by atoms with Crippen LogP contribution < -0.4 is 10.2 Å². The molecule has 0 heterocycles. The summed E-state index contributed by atoms with van der Waals surface area (Å²) in [7, 11) is 0. The second-order valence-corrected chi connectivity index (χ2v) is 5.40. The fourth-order valence-electron chi connectivity index (χ4n) is 1.61. The first kappa shape index (κ1) is 15.9. The topological polar surface area (TPSA) is 18.5 Å². The monoisotopic (exact) mass is 275 g/mol. The molecule has 0 unspecified atom stereocenters. The van der Waals surface area contributed by atoms with Crippen molar-refractivity contribution in [3.05, 3.63) is 23.8 Å². The van der Waals surface area contributed by atoms with Gasteiger partial charge in [0.05, 0.1) is 12.2 Å². The molecule has 108 valence electrons. The summed E-state index contributed by atoms with van der Waals surface area (Å²) in [5.41, 5.74) is -0.637. The highest BCUT2D eigenvalue weighted by molar-refractivity contribution is 6.74. The number of hydrogen-bond acceptors (Lipinski definition) is 2. The van der Waals surface area contributed by atoms with Gasteiger partial charge in [-0.2, -0.15) is 0 Å². The first-order chi connectivity index (χ1) is 8.59. The van der Waals surface area contributed by atoms with Gasteiger partial charge in [0, 0.05) is 0 Å². The van der Waals surface area contributed by atoms with Gasteiger partial charge >= 0.3 is 6.98 Å². The largest absolute Gasteiger partial charge is 0.509 e. The van der Waals surface area contributed by atoms with Crippen molar-refractivity contribution in [1.82, 2.24) is 0 Å². The van der Waals surface area contributed by atoms with E-state index in [0.29, 0.717) is 19.0 Å². The highest BCUT2D eigenvalue weighted by Gasteiger charge is 2.27. The summed E-state index contributed by atoms with van der Waals surface area (Å²) >= 11 is 0. The van der Waals surface area contributed by atoms with Gasteiger partial charge in [-0.25, -0.2) is 0 Å². The minimum absolute atomic E-state index is 0.182. The van der Waals surface area contributed by atoms with E-state index in [-0.39, 0.29) is 11.2 Å². The van der Waals surface area contributed by atoms with Crippen LogP contribution in [0.1, 0.15) is 26.3 Å². The second kappa shape index (κ2) is 5.86. The van der Waals surface area contributed by atoms with Crippen LogP contribution in [0.25, 0.3) is 0 Å². The first-order valence-corrected chi connectivity index (χ1v) is 6.17. The van der Waals surface area contributed by atoms with Crippen LogP contribution in [0.5, 0.6) is 5.75 Å².